The highest BCUT2D eigenvalue weighted by Crippen LogP contribution is 2.16. The van der Waals surface area contributed by atoms with Crippen LogP contribution in [0.2, 0.25) is 0 Å². The molecule has 0 saturated heterocycles. The van der Waals surface area contributed by atoms with Crippen molar-refractivity contribution in [3.63, 3.8) is 0 Å². The van der Waals surface area contributed by atoms with Gasteiger partial charge in [0.1, 0.15) is 11.5 Å². The lowest BCUT2D eigenvalue weighted by atomic mass is 10.1. The van der Waals surface area contributed by atoms with Gasteiger partial charge in [0.2, 0.25) is 0 Å². The summed E-state index contributed by atoms with van der Waals surface area (Å²) >= 11 is 0. The van der Waals surface area contributed by atoms with Gasteiger partial charge < -0.3 is 14.8 Å². The van der Waals surface area contributed by atoms with Crippen molar-refractivity contribution in [3.8, 4) is 11.5 Å². The van der Waals surface area contributed by atoms with E-state index in [0.717, 1.165) is 24.3 Å². The highest BCUT2D eigenvalue weighted by molar-refractivity contribution is 5.81. The van der Waals surface area contributed by atoms with Crippen molar-refractivity contribution in [1.82, 2.24) is 5.32 Å². The van der Waals surface area contributed by atoms with Gasteiger partial charge >= 0.3 is 0 Å². The minimum absolute atomic E-state index is 0.0618. The molecule has 4 nitrogen and oxygen atoms in total. The van der Waals surface area contributed by atoms with E-state index in [0.29, 0.717) is 13.0 Å². The predicted molar refractivity (Wildman–Crippen MR) is 105 cm³/mol. The van der Waals surface area contributed by atoms with Crippen LogP contribution in [0.25, 0.3) is 0 Å². The third-order valence-electron chi connectivity index (χ3n) is 3.90. The van der Waals surface area contributed by atoms with Gasteiger partial charge in [-0.05, 0) is 62.9 Å². The first-order valence-electron chi connectivity index (χ1n) is 9.33. The molecule has 2 rings (SSSR count). The third-order valence-corrected chi connectivity index (χ3v) is 3.90. The quantitative estimate of drug-likeness (QED) is 0.643. The van der Waals surface area contributed by atoms with Gasteiger partial charge in [0, 0.05) is 6.54 Å². The normalized spacial score (nSPS) is 11.8. The second-order valence-electron chi connectivity index (χ2n) is 6.54. The molecule has 0 aromatic heterocycles. The summed E-state index contributed by atoms with van der Waals surface area (Å²) in [6.07, 6.45) is 2.11. The van der Waals surface area contributed by atoms with Gasteiger partial charge in [0.15, 0.2) is 6.10 Å². The Morgan fingerprint density at radius 1 is 1.00 bits per heavy atom. The van der Waals surface area contributed by atoms with Crippen LogP contribution in [0.4, 0.5) is 0 Å². The van der Waals surface area contributed by atoms with E-state index in [1.54, 1.807) is 0 Å². The molecule has 2 aromatic rings. The van der Waals surface area contributed by atoms with Crippen LogP contribution >= 0.6 is 0 Å². The van der Waals surface area contributed by atoms with E-state index in [9.17, 15) is 4.79 Å². The molecule has 0 unspecified atom stereocenters. The number of ether oxygens (including phenoxy) is 2. The van der Waals surface area contributed by atoms with Gasteiger partial charge in [-0.2, -0.15) is 0 Å². The average Bonchev–Trinajstić information content (AvgIpc) is 2.63. The van der Waals surface area contributed by atoms with Crippen molar-refractivity contribution in [2.24, 2.45) is 0 Å². The van der Waals surface area contributed by atoms with Crippen molar-refractivity contribution in [1.29, 1.82) is 0 Å². The molecular formula is C22H29NO3. The highest BCUT2D eigenvalue weighted by Gasteiger charge is 2.17. The zero-order valence-corrected chi connectivity index (χ0v) is 15.9. The Morgan fingerprint density at radius 3 is 2.42 bits per heavy atom. The molecule has 0 aliphatic rings. The molecule has 1 N–H and O–H groups in total. The summed E-state index contributed by atoms with van der Waals surface area (Å²) in [6, 6.07) is 17.6. The van der Waals surface area contributed by atoms with Crippen LogP contribution in [0.15, 0.2) is 54.6 Å². The summed E-state index contributed by atoms with van der Waals surface area (Å²) in [5.41, 5.74) is 1.21. The molecule has 0 aliphatic carbocycles. The van der Waals surface area contributed by atoms with Gasteiger partial charge in [-0.15, -0.1) is 0 Å². The van der Waals surface area contributed by atoms with Crippen LogP contribution in [-0.2, 0) is 11.2 Å². The number of carbonyl (C=O) groups excluding carboxylic acids is 1. The second kappa shape index (κ2) is 10.5. The molecule has 0 spiro atoms. The first-order valence-corrected chi connectivity index (χ1v) is 9.33. The number of hydrogen-bond donors (Lipinski definition) is 1. The van der Waals surface area contributed by atoms with Gasteiger partial charge in [0.05, 0.1) is 6.10 Å². The number of nitrogens with one attached hydrogen (secondary N) is 1. The van der Waals surface area contributed by atoms with E-state index in [-0.39, 0.29) is 12.0 Å². The number of carbonyl (C=O) groups is 1. The van der Waals surface area contributed by atoms with Crippen molar-refractivity contribution >= 4 is 5.91 Å². The lowest BCUT2D eigenvalue weighted by Gasteiger charge is -2.17. The largest absolute Gasteiger partial charge is 0.491 e. The Balaban J connectivity index is 1.75. The van der Waals surface area contributed by atoms with Gasteiger partial charge in [-0.25, -0.2) is 0 Å². The molecule has 0 saturated carbocycles. The highest BCUT2D eigenvalue weighted by atomic mass is 16.5. The van der Waals surface area contributed by atoms with E-state index in [1.807, 2.05) is 63.2 Å². The van der Waals surface area contributed by atoms with Crippen LogP contribution in [0.3, 0.4) is 0 Å². The number of benzene rings is 2. The molecule has 0 bridgehead atoms. The van der Waals surface area contributed by atoms with Crippen molar-refractivity contribution in [3.05, 3.63) is 60.2 Å². The lowest BCUT2D eigenvalue weighted by Crippen LogP contribution is -2.38. The molecule has 26 heavy (non-hydrogen) atoms. The Morgan fingerprint density at radius 2 is 1.73 bits per heavy atom. The molecule has 4 heteroatoms. The Bertz CT molecular complexity index is 670. The molecule has 0 aliphatic heterocycles. The minimum atomic E-state index is -0.458. The van der Waals surface area contributed by atoms with E-state index >= 15 is 0 Å². The second-order valence-corrected chi connectivity index (χ2v) is 6.54. The number of hydrogen-bond acceptors (Lipinski definition) is 3. The Labute approximate surface area is 156 Å². The fourth-order valence-corrected chi connectivity index (χ4v) is 2.65. The molecule has 1 amide bonds. The van der Waals surface area contributed by atoms with Crippen LogP contribution in [0.5, 0.6) is 11.5 Å². The van der Waals surface area contributed by atoms with E-state index in [2.05, 4.69) is 17.4 Å². The summed E-state index contributed by atoms with van der Waals surface area (Å²) in [6.45, 7) is 6.61. The lowest BCUT2D eigenvalue weighted by molar-refractivity contribution is -0.128. The van der Waals surface area contributed by atoms with Crippen LogP contribution in [0.1, 0.15) is 39.2 Å². The molecule has 0 radical (unpaired) electrons. The summed E-state index contributed by atoms with van der Waals surface area (Å²) in [5.74, 6) is 1.55. The fourth-order valence-electron chi connectivity index (χ4n) is 2.65. The minimum Gasteiger partial charge on any atom is -0.491 e. The summed E-state index contributed by atoms with van der Waals surface area (Å²) in [7, 11) is 0. The number of aryl methyl sites for hydroxylation is 1. The molecule has 0 heterocycles. The molecular weight excluding hydrogens is 326 g/mol. The number of amides is 1. The standard InChI is InChI=1S/C22H29NO3/c1-4-21(26-19-12-6-5-7-13-19)22(24)23-15-9-11-18-10-8-14-20(16-18)25-17(2)3/h5-8,10,12-14,16-17,21H,4,9,11,15H2,1-3H3,(H,23,24)/t21-/m1/s1. The number of rotatable bonds is 10. The summed E-state index contributed by atoms with van der Waals surface area (Å²) in [4.78, 5) is 12.3. The maximum absolute atomic E-state index is 12.3. The van der Waals surface area contributed by atoms with Crippen LogP contribution < -0.4 is 14.8 Å². The van der Waals surface area contributed by atoms with E-state index < -0.39 is 6.10 Å². The van der Waals surface area contributed by atoms with Gasteiger partial charge in [-0.3, -0.25) is 4.79 Å². The fraction of sp³-hybridized carbons (Fsp3) is 0.409. The molecule has 1 atom stereocenters. The average molecular weight is 355 g/mol. The summed E-state index contributed by atoms with van der Waals surface area (Å²) in [5, 5.41) is 2.98. The first-order chi connectivity index (χ1) is 12.6. The molecule has 140 valence electrons. The SMILES string of the molecule is CC[C@@H](Oc1ccccc1)C(=O)NCCCc1cccc(OC(C)C)c1. The van der Waals surface area contributed by atoms with Crippen molar-refractivity contribution in [2.75, 3.05) is 6.54 Å². The predicted octanol–water partition coefficient (Wildman–Crippen LogP) is 4.38. The van der Waals surface area contributed by atoms with Crippen LogP contribution in [-0.4, -0.2) is 24.7 Å². The van der Waals surface area contributed by atoms with Gasteiger partial charge in [-0.1, -0.05) is 37.3 Å². The first kappa shape index (κ1) is 19.8. The monoisotopic (exact) mass is 355 g/mol. The zero-order chi connectivity index (χ0) is 18.8. The maximum atomic E-state index is 12.3. The van der Waals surface area contributed by atoms with Crippen LogP contribution in [0, 0.1) is 0 Å². The maximum Gasteiger partial charge on any atom is 0.261 e. The van der Waals surface area contributed by atoms with Gasteiger partial charge in [0.25, 0.3) is 5.91 Å². The van der Waals surface area contributed by atoms with Crippen molar-refractivity contribution in [2.45, 2.75) is 52.2 Å². The Kier molecular flexibility index (Phi) is 8.00. The van der Waals surface area contributed by atoms with Crippen molar-refractivity contribution < 1.29 is 14.3 Å². The van der Waals surface area contributed by atoms with E-state index in [4.69, 9.17) is 9.47 Å². The zero-order valence-electron chi connectivity index (χ0n) is 15.9. The topological polar surface area (TPSA) is 47.6 Å². The van der Waals surface area contributed by atoms with E-state index in [1.165, 1.54) is 5.56 Å². The third kappa shape index (κ3) is 6.79. The Hall–Kier alpha value is -2.49. The summed E-state index contributed by atoms with van der Waals surface area (Å²) < 4.78 is 11.5. The number of para-hydroxylation sites is 1. The smallest absolute Gasteiger partial charge is 0.261 e. The molecule has 0 fully saturated rings. The molecule has 2 aromatic carbocycles.